The number of aryl methyl sites for hydroxylation is 1. The van der Waals surface area contributed by atoms with E-state index in [0.29, 0.717) is 17.9 Å². The van der Waals surface area contributed by atoms with Gasteiger partial charge in [-0.15, -0.1) is 0 Å². The average Bonchev–Trinajstić information content (AvgIpc) is 3.15. The Hall–Kier alpha value is -1.68. The molecule has 1 heterocycles. The van der Waals surface area contributed by atoms with E-state index in [0.717, 1.165) is 43.8 Å². The highest BCUT2D eigenvalue weighted by Crippen LogP contribution is 2.38. The second-order valence-corrected chi connectivity index (χ2v) is 6.05. The lowest BCUT2D eigenvalue weighted by Gasteiger charge is -2.06. The Morgan fingerprint density at radius 2 is 2.05 bits per heavy atom. The fourth-order valence-corrected chi connectivity index (χ4v) is 3.62. The molecule has 0 aliphatic heterocycles. The van der Waals surface area contributed by atoms with Crippen LogP contribution in [0.3, 0.4) is 0 Å². The number of hydrogen-bond donors (Lipinski definition) is 1. The van der Waals surface area contributed by atoms with Gasteiger partial charge in [-0.3, -0.25) is 0 Å². The predicted molar refractivity (Wildman–Crippen MR) is 75.5 cm³/mol. The van der Waals surface area contributed by atoms with Gasteiger partial charge in [0.2, 0.25) is 5.89 Å². The fourth-order valence-electron chi connectivity index (χ4n) is 3.62. The molecule has 3 unspecified atom stereocenters. The Labute approximate surface area is 118 Å². The third-order valence-electron chi connectivity index (χ3n) is 4.72. The van der Waals surface area contributed by atoms with Crippen molar-refractivity contribution >= 4 is 0 Å². The van der Waals surface area contributed by atoms with E-state index in [1.807, 2.05) is 0 Å². The zero-order valence-electron chi connectivity index (χ0n) is 11.5. The highest BCUT2D eigenvalue weighted by Gasteiger charge is 2.31. The van der Waals surface area contributed by atoms with Crippen LogP contribution in [0.15, 0.2) is 28.8 Å². The summed E-state index contributed by atoms with van der Waals surface area (Å²) in [6, 6.07) is 8.88. The van der Waals surface area contributed by atoms with E-state index >= 15 is 0 Å². The Morgan fingerprint density at radius 1 is 1.15 bits per heavy atom. The quantitative estimate of drug-likeness (QED) is 0.910. The molecule has 0 saturated heterocycles. The smallest absolute Gasteiger partial charge is 0.229 e. The van der Waals surface area contributed by atoms with Crippen LogP contribution in [0.4, 0.5) is 0 Å². The largest absolute Gasteiger partial charge is 0.339 e. The van der Waals surface area contributed by atoms with Gasteiger partial charge in [0.1, 0.15) is 0 Å². The van der Waals surface area contributed by atoms with E-state index in [-0.39, 0.29) is 0 Å². The summed E-state index contributed by atoms with van der Waals surface area (Å²) in [5.74, 6) is 2.31. The number of aromatic nitrogens is 2. The SMILES string of the molecule is NC1CCC(c2nc(C3CCc4ccccc43)no2)C1. The van der Waals surface area contributed by atoms with Crippen LogP contribution in [-0.2, 0) is 6.42 Å². The highest BCUT2D eigenvalue weighted by molar-refractivity contribution is 5.38. The molecule has 0 amide bonds. The van der Waals surface area contributed by atoms with E-state index < -0.39 is 0 Å². The number of hydrogen-bond acceptors (Lipinski definition) is 4. The Kier molecular flexibility index (Phi) is 2.84. The summed E-state index contributed by atoms with van der Waals surface area (Å²) in [4.78, 5) is 4.67. The van der Waals surface area contributed by atoms with E-state index in [9.17, 15) is 0 Å². The summed E-state index contributed by atoms with van der Waals surface area (Å²) in [5, 5.41) is 4.24. The van der Waals surface area contributed by atoms with Gasteiger partial charge in [-0.2, -0.15) is 4.98 Å². The molecule has 1 aromatic carbocycles. The first kappa shape index (κ1) is 12.1. The van der Waals surface area contributed by atoms with Crippen molar-refractivity contribution in [3.8, 4) is 0 Å². The Morgan fingerprint density at radius 3 is 2.90 bits per heavy atom. The maximum Gasteiger partial charge on any atom is 0.229 e. The number of nitrogens with two attached hydrogens (primary N) is 1. The van der Waals surface area contributed by atoms with Crippen LogP contribution in [0.5, 0.6) is 0 Å². The third-order valence-corrected chi connectivity index (χ3v) is 4.72. The molecule has 2 N–H and O–H groups in total. The van der Waals surface area contributed by atoms with Gasteiger partial charge < -0.3 is 10.3 Å². The average molecular weight is 269 g/mol. The first-order valence-corrected chi connectivity index (χ1v) is 7.48. The molecule has 3 atom stereocenters. The van der Waals surface area contributed by atoms with Crippen molar-refractivity contribution in [1.29, 1.82) is 0 Å². The van der Waals surface area contributed by atoms with Crippen molar-refractivity contribution in [3.05, 3.63) is 47.1 Å². The maximum atomic E-state index is 5.96. The number of nitrogens with zero attached hydrogens (tertiary/aromatic N) is 2. The summed E-state index contributed by atoms with van der Waals surface area (Å²) < 4.78 is 5.51. The van der Waals surface area contributed by atoms with Gasteiger partial charge in [0.15, 0.2) is 5.82 Å². The molecular formula is C16H19N3O. The molecule has 20 heavy (non-hydrogen) atoms. The maximum absolute atomic E-state index is 5.96. The van der Waals surface area contributed by atoms with Crippen LogP contribution in [-0.4, -0.2) is 16.2 Å². The first-order valence-electron chi connectivity index (χ1n) is 7.48. The van der Waals surface area contributed by atoms with Crippen LogP contribution < -0.4 is 5.73 Å². The number of rotatable bonds is 2. The minimum absolute atomic E-state index is 0.294. The van der Waals surface area contributed by atoms with Crippen LogP contribution >= 0.6 is 0 Å². The summed E-state index contributed by atoms with van der Waals surface area (Å²) in [6.07, 6.45) is 5.31. The zero-order chi connectivity index (χ0) is 13.5. The van der Waals surface area contributed by atoms with Crippen molar-refractivity contribution in [2.24, 2.45) is 5.73 Å². The number of fused-ring (bicyclic) bond motifs is 1. The van der Waals surface area contributed by atoms with Gasteiger partial charge in [-0.1, -0.05) is 29.4 Å². The van der Waals surface area contributed by atoms with Gasteiger partial charge in [0, 0.05) is 17.9 Å². The molecule has 4 heteroatoms. The monoisotopic (exact) mass is 269 g/mol. The second-order valence-electron chi connectivity index (χ2n) is 6.05. The van der Waals surface area contributed by atoms with Crippen LogP contribution in [0.2, 0.25) is 0 Å². The molecule has 1 saturated carbocycles. The van der Waals surface area contributed by atoms with Crippen molar-refractivity contribution in [2.75, 3.05) is 0 Å². The lowest BCUT2D eigenvalue weighted by atomic mass is 10.0. The molecule has 1 aromatic heterocycles. The number of benzene rings is 1. The van der Waals surface area contributed by atoms with Gasteiger partial charge in [-0.25, -0.2) is 0 Å². The molecule has 4 nitrogen and oxygen atoms in total. The van der Waals surface area contributed by atoms with E-state index in [4.69, 9.17) is 10.3 Å². The standard InChI is InChI=1S/C16H19N3O/c17-12-7-5-11(9-12)16-18-15(19-20-16)14-8-6-10-3-1-2-4-13(10)14/h1-4,11-12,14H,5-9,17H2. The zero-order valence-corrected chi connectivity index (χ0v) is 11.5. The van der Waals surface area contributed by atoms with Gasteiger partial charge in [0.25, 0.3) is 0 Å². The summed E-state index contributed by atoms with van der Waals surface area (Å²) >= 11 is 0. The molecule has 4 rings (SSSR count). The molecule has 0 spiro atoms. The fraction of sp³-hybridized carbons (Fsp3) is 0.500. The van der Waals surface area contributed by atoms with E-state index in [1.165, 1.54) is 11.1 Å². The summed E-state index contributed by atoms with van der Waals surface area (Å²) in [7, 11) is 0. The molecule has 0 radical (unpaired) electrons. The minimum atomic E-state index is 0.294. The predicted octanol–water partition coefficient (Wildman–Crippen LogP) is 2.74. The van der Waals surface area contributed by atoms with Crippen molar-refractivity contribution < 1.29 is 4.52 Å². The van der Waals surface area contributed by atoms with Gasteiger partial charge in [0.05, 0.1) is 0 Å². The summed E-state index contributed by atoms with van der Waals surface area (Å²) in [5.41, 5.74) is 8.75. The molecule has 2 aromatic rings. The molecule has 2 aliphatic rings. The van der Waals surface area contributed by atoms with Crippen LogP contribution in [0, 0.1) is 0 Å². The van der Waals surface area contributed by atoms with Crippen molar-refractivity contribution in [1.82, 2.24) is 10.1 Å². The molecule has 104 valence electrons. The van der Waals surface area contributed by atoms with Crippen molar-refractivity contribution in [3.63, 3.8) is 0 Å². The minimum Gasteiger partial charge on any atom is -0.339 e. The molecular weight excluding hydrogens is 250 g/mol. The molecule has 0 bridgehead atoms. The lowest BCUT2D eigenvalue weighted by Crippen LogP contribution is -2.14. The van der Waals surface area contributed by atoms with Crippen molar-refractivity contribution in [2.45, 2.75) is 50.0 Å². The first-order chi connectivity index (χ1) is 9.81. The Bertz CT molecular complexity index is 622. The topological polar surface area (TPSA) is 64.9 Å². The Balaban J connectivity index is 1.60. The van der Waals surface area contributed by atoms with Crippen LogP contribution in [0.25, 0.3) is 0 Å². The summed E-state index contributed by atoms with van der Waals surface area (Å²) in [6.45, 7) is 0. The molecule has 1 fully saturated rings. The van der Waals surface area contributed by atoms with Crippen LogP contribution in [0.1, 0.15) is 60.4 Å². The van der Waals surface area contributed by atoms with Gasteiger partial charge in [-0.05, 0) is 43.2 Å². The second kappa shape index (κ2) is 4.70. The normalized spacial score (nSPS) is 28.8. The van der Waals surface area contributed by atoms with Gasteiger partial charge >= 0.3 is 0 Å². The van der Waals surface area contributed by atoms with E-state index in [2.05, 4.69) is 34.4 Å². The lowest BCUT2D eigenvalue weighted by molar-refractivity contribution is 0.348. The molecule has 2 aliphatic carbocycles. The third kappa shape index (κ3) is 1.95. The van der Waals surface area contributed by atoms with E-state index in [1.54, 1.807) is 0 Å². The highest BCUT2D eigenvalue weighted by atomic mass is 16.5.